The van der Waals surface area contributed by atoms with Gasteiger partial charge in [0, 0.05) is 6.42 Å². The maximum absolute atomic E-state index is 13.0. The lowest BCUT2D eigenvalue weighted by molar-refractivity contribution is -0.126. The lowest BCUT2D eigenvalue weighted by Gasteiger charge is -2.39. The Balaban J connectivity index is 0.00000288. The van der Waals surface area contributed by atoms with E-state index < -0.39 is 0 Å². The molecule has 0 amide bonds. The minimum atomic E-state index is -0.378. The summed E-state index contributed by atoms with van der Waals surface area (Å²) in [4.78, 5) is 17.4. The average molecular weight is 391 g/mol. The Bertz CT molecular complexity index is 550. The number of nitrogens with zero attached hydrogens (tertiary/aromatic N) is 2. The van der Waals surface area contributed by atoms with Crippen molar-refractivity contribution in [2.75, 3.05) is 48.4 Å². The van der Waals surface area contributed by atoms with Crippen molar-refractivity contribution in [2.45, 2.75) is 31.1 Å². The van der Waals surface area contributed by atoms with Gasteiger partial charge in [-0.05, 0) is 83.8 Å². The van der Waals surface area contributed by atoms with Crippen molar-refractivity contribution in [1.29, 1.82) is 0 Å². The first-order valence-electron chi connectivity index (χ1n) is 8.39. The van der Waals surface area contributed by atoms with E-state index in [1.165, 1.54) is 11.1 Å². The molecule has 0 saturated heterocycles. The zero-order valence-electron chi connectivity index (χ0n) is 16.0. The van der Waals surface area contributed by atoms with Gasteiger partial charge < -0.3 is 14.5 Å². The minimum Gasteiger partial charge on any atom is -0.497 e. The summed E-state index contributed by atoms with van der Waals surface area (Å²) in [5.41, 5.74) is 2.12. The number of hydrogen-bond donors (Lipinski definition) is 0. The molecule has 144 valence electrons. The number of benzene rings is 1. The van der Waals surface area contributed by atoms with Gasteiger partial charge in [-0.1, -0.05) is 6.07 Å². The quantitative estimate of drug-likeness (QED) is 0.715. The van der Waals surface area contributed by atoms with E-state index >= 15 is 0 Å². The van der Waals surface area contributed by atoms with Crippen molar-refractivity contribution in [3.63, 3.8) is 0 Å². The third-order valence-corrected chi connectivity index (χ3v) is 4.96. The van der Waals surface area contributed by atoms with Crippen LogP contribution in [0.2, 0.25) is 0 Å². The van der Waals surface area contributed by atoms with Crippen LogP contribution in [0, 0.1) is 0 Å². The number of fused-ring (bicyclic) bond motifs is 1. The minimum absolute atomic E-state index is 0. The summed E-state index contributed by atoms with van der Waals surface area (Å²) < 4.78 is 5.43. The number of aryl methyl sites for hydroxylation is 1. The first-order chi connectivity index (χ1) is 10.9. The van der Waals surface area contributed by atoms with Gasteiger partial charge in [0.2, 0.25) is 0 Å². The number of Topliss-reactive ketones (excluding diaryl/α,β-unsaturated/α-hetero) is 1. The molecule has 0 unspecified atom stereocenters. The number of ketones is 1. The Hall–Kier alpha value is -0.810. The summed E-state index contributed by atoms with van der Waals surface area (Å²) in [7, 11) is 9.96. The van der Waals surface area contributed by atoms with E-state index in [2.05, 4.69) is 50.1 Å². The second-order valence-corrected chi connectivity index (χ2v) is 7.13. The molecule has 1 aliphatic rings. The number of hydrogen-bond acceptors (Lipinski definition) is 4. The number of carbonyl (C=O) groups excluding carboxylic acids is 1. The van der Waals surface area contributed by atoms with Crippen LogP contribution >= 0.6 is 24.8 Å². The van der Waals surface area contributed by atoms with Crippen LogP contribution < -0.4 is 4.74 Å². The normalized spacial score (nSPS) is 15.4. The highest BCUT2D eigenvalue weighted by Gasteiger charge is 2.43. The summed E-state index contributed by atoms with van der Waals surface area (Å²) in [5.74, 6) is 1.24. The van der Waals surface area contributed by atoms with Crippen LogP contribution in [0.3, 0.4) is 0 Å². The molecule has 0 spiro atoms. The maximum Gasteiger partial charge on any atom is 0.143 e. The van der Waals surface area contributed by atoms with Gasteiger partial charge in [-0.15, -0.1) is 24.8 Å². The number of ether oxygens (including phenoxy) is 1. The van der Waals surface area contributed by atoms with E-state index in [0.717, 1.165) is 38.1 Å². The highest BCUT2D eigenvalue weighted by atomic mass is 35.5. The Morgan fingerprint density at radius 2 is 1.56 bits per heavy atom. The molecular weight excluding hydrogens is 359 g/mol. The van der Waals surface area contributed by atoms with E-state index in [9.17, 15) is 4.79 Å². The van der Waals surface area contributed by atoms with Crippen LogP contribution in [0.1, 0.15) is 30.4 Å². The van der Waals surface area contributed by atoms with E-state index in [1.807, 2.05) is 6.07 Å². The zero-order chi connectivity index (χ0) is 17.0. The van der Waals surface area contributed by atoms with Gasteiger partial charge in [-0.3, -0.25) is 4.79 Å². The van der Waals surface area contributed by atoms with Gasteiger partial charge >= 0.3 is 0 Å². The van der Waals surface area contributed by atoms with Crippen molar-refractivity contribution in [2.24, 2.45) is 0 Å². The van der Waals surface area contributed by atoms with Crippen molar-refractivity contribution in [3.8, 4) is 5.75 Å². The van der Waals surface area contributed by atoms with Gasteiger partial charge in [-0.2, -0.15) is 0 Å². The predicted molar refractivity (Wildman–Crippen MR) is 109 cm³/mol. The average Bonchev–Trinajstić information content (AvgIpc) is 2.52. The zero-order valence-corrected chi connectivity index (χ0v) is 17.6. The fourth-order valence-corrected chi connectivity index (χ4v) is 3.49. The molecule has 2 rings (SSSR count). The third-order valence-electron chi connectivity index (χ3n) is 4.96. The topological polar surface area (TPSA) is 32.8 Å². The second-order valence-electron chi connectivity index (χ2n) is 7.13. The smallest absolute Gasteiger partial charge is 0.143 e. The molecule has 0 heterocycles. The van der Waals surface area contributed by atoms with Crippen molar-refractivity contribution < 1.29 is 9.53 Å². The summed E-state index contributed by atoms with van der Waals surface area (Å²) in [6, 6.07) is 6.25. The highest BCUT2D eigenvalue weighted by molar-refractivity contribution is 5.92. The van der Waals surface area contributed by atoms with Gasteiger partial charge in [0.05, 0.1) is 12.5 Å². The molecule has 6 heteroatoms. The third kappa shape index (κ3) is 5.58. The Morgan fingerprint density at radius 1 is 1.00 bits per heavy atom. The summed E-state index contributed by atoms with van der Waals surface area (Å²) in [6.07, 6.45) is 3.24. The Morgan fingerprint density at radius 3 is 2.04 bits per heavy atom. The molecule has 1 aromatic carbocycles. The highest BCUT2D eigenvalue weighted by Crippen LogP contribution is 2.42. The summed E-state index contributed by atoms with van der Waals surface area (Å²) in [5, 5.41) is 0. The van der Waals surface area contributed by atoms with Crippen LogP contribution in [0.25, 0.3) is 0 Å². The Kier molecular flexibility index (Phi) is 10.0. The Labute approximate surface area is 164 Å². The molecular formula is C19H32Cl2N2O2. The van der Waals surface area contributed by atoms with Crippen LogP contribution in [0.15, 0.2) is 18.2 Å². The lowest BCUT2D eigenvalue weighted by Crippen LogP contribution is -2.44. The van der Waals surface area contributed by atoms with Crippen LogP contribution in [0.4, 0.5) is 0 Å². The maximum atomic E-state index is 13.0. The molecule has 0 bridgehead atoms. The van der Waals surface area contributed by atoms with Crippen molar-refractivity contribution >= 4 is 30.6 Å². The van der Waals surface area contributed by atoms with Gasteiger partial charge in [0.25, 0.3) is 0 Å². The molecule has 0 aromatic heterocycles. The van der Waals surface area contributed by atoms with Crippen LogP contribution in [0.5, 0.6) is 5.75 Å². The number of halogens is 2. The van der Waals surface area contributed by atoms with Crippen molar-refractivity contribution in [1.82, 2.24) is 9.80 Å². The lowest BCUT2D eigenvalue weighted by atomic mass is 9.65. The van der Waals surface area contributed by atoms with Gasteiger partial charge in [0.15, 0.2) is 0 Å². The SMILES string of the molecule is COc1ccc2c(c1)C(CCN(C)C)(CCN(C)C)C(=O)CC2.Cl.Cl. The molecule has 1 aliphatic carbocycles. The monoisotopic (exact) mass is 390 g/mol. The molecule has 0 atom stereocenters. The molecule has 0 saturated carbocycles. The molecule has 0 radical (unpaired) electrons. The first kappa shape index (κ1) is 24.2. The number of rotatable bonds is 7. The fraction of sp³-hybridized carbons (Fsp3) is 0.632. The van der Waals surface area contributed by atoms with Gasteiger partial charge in [-0.25, -0.2) is 0 Å². The van der Waals surface area contributed by atoms with E-state index in [1.54, 1.807) is 7.11 Å². The molecule has 1 aromatic rings. The summed E-state index contributed by atoms with van der Waals surface area (Å²) in [6.45, 7) is 1.83. The molecule has 4 nitrogen and oxygen atoms in total. The van der Waals surface area contributed by atoms with E-state index in [-0.39, 0.29) is 30.2 Å². The number of carbonyl (C=O) groups is 1. The molecule has 0 fully saturated rings. The van der Waals surface area contributed by atoms with E-state index in [4.69, 9.17) is 4.74 Å². The largest absolute Gasteiger partial charge is 0.497 e. The van der Waals surface area contributed by atoms with E-state index in [0.29, 0.717) is 12.2 Å². The molecule has 0 N–H and O–H groups in total. The van der Waals surface area contributed by atoms with Crippen molar-refractivity contribution in [3.05, 3.63) is 29.3 Å². The molecule has 0 aliphatic heterocycles. The standard InChI is InChI=1S/C19H30N2O2.2ClH/c1-20(2)12-10-19(11-13-21(3)4)17-14-16(23-5)8-6-15(17)7-9-18(19)22;;/h6,8,14H,7,9-13H2,1-5H3;2*1H. The fourth-order valence-electron chi connectivity index (χ4n) is 3.49. The van der Waals surface area contributed by atoms with Crippen LogP contribution in [-0.2, 0) is 16.6 Å². The first-order valence-corrected chi connectivity index (χ1v) is 8.39. The summed E-state index contributed by atoms with van der Waals surface area (Å²) >= 11 is 0. The number of methoxy groups -OCH3 is 1. The van der Waals surface area contributed by atoms with Crippen LogP contribution in [-0.4, -0.2) is 64.0 Å². The second kappa shape index (κ2) is 10.4. The predicted octanol–water partition coefficient (Wildman–Crippen LogP) is 3.20. The van der Waals surface area contributed by atoms with Gasteiger partial charge in [0.1, 0.15) is 11.5 Å². The molecule has 25 heavy (non-hydrogen) atoms.